The summed E-state index contributed by atoms with van der Waals surface area (Å²) >= 11 is 0. The molecule has 0 bridgehead atoms. The molecule has 0 aromatic heterocycles. The van der Waals surface area contributed by atoms with E-state index in [-0.39, 0.29) is 17.2 Å². The maximum Gasteiger partial charge on any atom is 0.209 e. The third-order valence-corrected chi connectivity index (χ3v) is 5.83. The van der Waals surface area contributed by atoms with Crippen molar-refractivity contribution in [3.05, 3.63) is 24.6 Å². The molecule has 1 aliphatic rings. The van der Waals surface area contributed by atoms with E-state index in [9.17, 15) is 9.90 Å². The van der Waals surface area contributed by atoms with Gasteiger partial charge in [0.2, 0.25) is 5.84 Å². The molecule has 1 aliphatic heterocycles. The fraction of sp³-hybridized carbons (Fsp3) is 0.750. The van der Waals surface area contributed by atoms with Crippen LogP contribution in [-0.2, 0) is 4.79 Å². The minimum absolute atomic E-state index is 0.108. The molecule has 0 aromatic rings. The molecular weight excluding hydrogens is 362 g/mol. The molecule has 2 unspecified atom stereocenters. The lowest BCUT2D eigenvalue weighted by molar-refractivity contribution is -0.808. The predicted octanol–water partition coefficient (Wildman–Crippen LogP) is 4.78. The van der Waals surface area contributed by atoms with Crippen molar-refractivity contribution >= 4 is 11.8 Å². The van der Waals surface area contributed by atoms with Gasteiger partial charge >= 0.3 is 0 Å². The molecule has 0 amide bonds. The second kappa shape index (κ2) is 15.4. The molecule has 5 heteroatoms. The van der Waals surface area contributed by atoms with Gasteiger partial charge in [0.25, 0.3) is 0 Å². The molecule has 166 valence electrons. The number of quaternary nitrogens is 1. The van der Waals surface area contributed by atoms with Gasteiger partial charge in [0.1, 0.15) is 18.9 Å². The van der Waals surface area contributed by atoms with Crippen LogP contribution in [-0.4, -0.2) is 29.0 Å². The Morgan fingerprint density at radius 2 is 1.59 bits per heavy atom. The highest BCUT2D eigenvalue weighted by molar-refractivity contribution is 5.81. The number of carbonyl (C=O) groups is 1. The lowest BCUT2D eigenvalue weighted by Crippen LogP contribution is -2.60. The highest BCUT2D eigenvalue weighted by atomic mass is 16.4. The SMILES string of the molecule is CC/C=C/CCCCCCCCCCCCCC1=NC=C[N+]1(CC(=O)[O-])C(C)N. The van der Waals surface area contributed by atoms with E-state index in [1.165, 1.54) is 64.2 Å². The van der Waals surface area contributed by atoms with Crippen LogP contribution in [0.25, 0.3) is 0 Å². The van der Waals surface area contributed by atoms with Crippen LogP contribution in [0.1, 0.15) is 104 Å². The lowest BCUT2D eigenvalue weighted by atomic mass is 10.0. The van der Waals surface area contributed by atoms with E-state index < -0.39 is 5.97 Å². The van der Waals surface area contributed by atoms with Crippen LogP contribution in [0.2, 0.25) is 0 Å². The summed E-state index contributed by atoms with van der Waals surface area (Å²) in [5.41, 5.74) is 6.07. The van der Waals surface area contributed by atoms with Crippen molar-refractivity contribution in [1.29, 1.82) is 0 Å². The summed E-state index contributed by atoms with van der Waals surface area (Å²) in [5.74, 6) is -0.232. The fourth-order valence-electron chi connectivity index (χ4n) is 4.00. The third kappa shape index (κ3) is 10.2. The van der Waals surface area contributed by atoms with Gasteiger partial charge in [-0.1, -0.05) is 76.9 Å². The van der Waals surface area contributed by atoms with Crippen molar-refractivity contribution in [2.75, 3.05) is 6.54 Å². The first-order valence-corrected chi connectivity index (χ1v) is 11.8. The van der Waals surface area contributed by atoms with Gasteiger partial charge in [-0.3, -0.25) is 5.73 Å². The van der Waals surface area contributed by atoms with Crippen molar-refractivity contribution in [2.24, 2.45) is 10.7 Å². The number of nitrogens with two attached hydrogens (primary N) is 1. The minimum atomic E-state index is -1.09. The average molecular weight is 406 g/mol. The highest BCUT2D eigenvalue weighted by Gasteiger charge is 2.38. The molecule has 2 N–H and O–H groups in total. The number of rotatable bonds is 18. The molecule has 0 saturated heterocycles. The van der Waals surface area contributed by atoms with Crippen molar-refractivity contribution < 1.29 is 14.4 Å². The molecular formula is C24H43N3O2. The van der Waals surface area contributed by atoms with Crippen LogP contribution in [0.15, 0.2) is 29.5 Å². The number of hydrogen-bond acceptors (Lipinski definition) is 4. The standard InChI is InChI=1S/C24H43N3O2/c1-3-4-5-6-7-8-9-10-11-12-13-14-15-16-17-18-23-26-19-20-27(23,22(2)25)21-24(28)29/h4-5,19-20,22H,3,6-18,21,25H2,1-2H3/b5-4+. The van der Waals surface area contributed by atoms with E-state index in [0.717, 1.165) is 31.5 Å². The van der Waals surface area contributed by atoms with Crippen molar-refractivity contribution in [1.82, 2.24) is 0 Å². The summed E-state index contributed by atoms with van der Waals surface area (Å²) in [5, 5.41) is 11.1. The Labute approximate surface area is 178 Å². The number of carbonyl (C=O) groups excluding carboxylic acids is 1. The highest BCUT2D eigenvalue weighted by Crippen LogP contribution is 2.23. The largest absolute Gasteiger partial charge is 0.544 e. The fourth-order valence-corrected chi connectivity index (χ4v) is 4.00. The first-order chi connectivity index (χ1) is 14.0. The number of amidine groups is 1. The van der Waals surface area contributed by atoms with E-state index >= 15 is 0 Å². The second-order valence-electron chi connectivity index (χ2n) is 8.35. The molecule has 0 saturated carbocycles. The van der Waals surface area contributed by atoms with E-state index in [0.29, 0.717) is 0 Å². The number of unbranched alkanes of at least 4 members (excludes halogenated alkanes) is 11. The van der Waals surface area contributed by atoms with Gasteiger partial charge in [-0.25, -0.2) is 9.48 Å². The number of carboxylic acids is 1. The van der Waals surface area contributed by atoms with Crippen molar-refractivity contribution in [2.45, 2.75) is 110 Å². The number of nitrogens with zero attached hydrogens (tertiary/aromatic N) is 2. The predicted molar refractivity (Wildman–Crippen MR) is 120 cm³/mol. The molecule has 1 rings (SSSR count). The molecule has 1 heterocycles. The van der Waals surface area contributed by atoms with Crippen LogP contribution in [0, 0.1) is 0 Å². The Morgan fingerprint density at radius 3 is 2.10 bits per heavy atom. The number of allylic oxidation sites excluding steroid dienone is 2. The van der Waals surface area contributed by atoms with Crippen LogP contribution in [0.5, 0.6) is 0 Å². The Bertz CT molecular complexity index is 540. The molecule has 0 radical (unpaired) electrons. The Kier molecular flexibility index (Phi) is 13.6. The van der Waals surface area contributed by atoms with Gasteiger partial charge in [-0.05, 0) is 25.7 Å². The summed E-state index contributed by atoms with van der Waals surface area (Å²) in [6.07, 6.45) is 25.1. The van der Waals surface area contributed by atoms with Crippen molar-refractivity contribution in [3.63, 3.8) is 0 Å². The molecule has 5 nitrogen and oxygen atoms in total. The van der Waals surface area contributed by atoms with E-state index in [1.54, 1.807) is 12.4 Å². The van der Waals surface area contributed by atoms with Crippen LogP contribution in [0.4, 0.5) is 0 Å². The number of aliphatic imine (C=N–C) groups is 1. The summed E-state index contributed by atoms with van der Waals surface area (Å²) in [6.45, 7) is 3.88. The second-order valence-corrected chi connectivity index (χ2v) is 8.35. The molecule has 2 atom stereocenters. The minimum Gasteiger partial charge on any atom is -0.544 e. The Morgan fingerprint density at radius 1 is 1.03 bits per heavy atom. The van der Waals surface area contributed by atoms with Gasteiger partial charge in [-0.15, -0.1) is 0 Å². The summed E-state index contributed by atoms with van der Waals surface area (Å²) in [4.78, 5) is 15.6. The summed E-state index contributed by atoms with van der Waals surface area (Å²) in [6, 6.07) is 0. The lowest BCUT2D eigenvalue weighted by Gasteiger charge is -2.36. The molecule has 0 aromatic carbocycles. The Hall–Kier alpha value is -1.46. The molecule has 0 aliphatic carbocycles. The van der Waals surface area contributed by atoms with Gasteiger partial charge in [0.15, 0.2) is 0 Å². The van der Waals surface area contributed by atoms with Crippen molar-refractivity contribution in [3.8, 4) is 0 Å². The van der Waals surface area contributed by atoms with Crippen LogP contribution in [0.3, 0.4) is 0 Å². The zero-order chi connectivity index (χ0) is 21.4. The average Bonchev–Trinajstić information content (AvgIpc) is 3.08. The van der Waals surface area contributed by atoms with Gasteiger partial charge < -0.3 is 9.90 Å². The number of hydrogen-bond donors (Lipinski definition) is 1. The van der Waals surface area contributed by atoms with Crippen LogP contribution < -0.4 is 10.8 Å². The first kappa shape index (κ1) is 25.6. The normalized spacial score (nSPS) is 19.8. The zero-order valence-corrected chi connectivity index (χ0v) is 18.8. The summed E-state index contributed by atoms with van der Waals surface area (Å²) < 4.78 is 0.108. The smallest absolute Gasteiger partial charge is 0.209 e. The first-order valence-electron chi connectivity index (χ1n) is 11.8. The molecule has 0 spiro atoms. The number of carboxylic acid groups (broad SMARTS) is 1. The van der Waals surface area contributed by atoms with E-state index in [1.807, 2.05) is 6.92 Å². The summed E-state index contributed by atoms with van der Waals surface area (Å²) in [7, 11) is 0. The molecule has 0 fully saturated rings. The van der Waals surface area contributed by atoms with Gasteiger partial charge in [0, 0.05) is 13.3 Å². The quantitative estimate of drug-likeness (QED) is 0.202. The monoisotopic (exact) mass is 405 g/mol. The number of aliphatic carboxylic acids is 1. The maximum absolute atomic E-state index is 11.1. The maximum atomic E-state index is 11.1. The Balaban J connectivity index is 2.02. The van der Waals surface area contributed by atoms with E-state index in [2.05, 4.69) is 24.1 Å². The topological polar surface area (TPSA) is 78.5 Å². The third-order valence-electron chi connectivity index (χ3n) is 5.83. The zero-order valence-electron chi connectivity index (χ0n) is 18.8. The van der Waals surface area contributed by atoms with Gasteiger partial charge in [-0.2, -0.15) is 0 Å². The van der Waals surface area contributed by atoms with Gasteiger partial charge in [0.05, 0.1) is 12.2 Å². The van der Waals surface area contributed by atoms with Crippen LogP contribution >= 0.6 is 0 Å². The van der Waals surface area contributed by atoms with E-state index in [4.69, 9.17) is 5.73 Å². The molecule has 29 heavy (non-hydrogen) atoms.